The molecule has 18 heavy (non-hydrogen) atoms. The summed E-state index contributed by atoms with van der Waals surface area (Å²) in [6.45, 7) is 8.37. The Morgan fingerprint density at radius 2 is 2.06 bits per heavy atom. The van der Waals surface area contributed by atoms with Crippen LogP contribution in [0.1, 0.15) is 32.6 Å². The zero-order chi connectivity index (χ0) is 12.8. The van der Waals surface area contributed by atoms with Gasteiger partial charge >= 0.3 is 0 Å². The van der Waals surface area contributed by atoms with Crippen molar-refractivity contribution >= 4 is 0 Å². The number of aliphatic hydroxyl groups is 1. The molecule has 0 aromatic rings. The molecule has 1 aliphatic heterocycles. The van der Waals surface area contributed by atoms with Gasteiger partial charge in [-0.05, 0) is 24.7 Å². The van der Waals surface area contributed by atoms with Gasteiger partial charge in [-0.1, -0.05) is 13.3 Å². The van der Waals surface area contributed by atoms with Crippen LogP contribution in [0.3, 0.4) is 0 Å². The van der Waals surface area contributed by atoms with Gasteiger partial charge in [-0.15, -0.1) is 0 Å². The molecule has 1 atom stereocenters. The van der Waals surface area contributed by atoms with Crippen molar-refractivity contribution in [3.05, 3.63) is 0 Å². The third-order valence-electron chi connectivity index (χ3n) is 4.62. The average Bonchev–Trinajstić information content (AvgIpc) is 2.34. The van der Waals surface area contributed by atoms with E-state index in [-0.39, 0.29) is 6.10 Å². The van der Waals surface area contributed by atoms with E-state index in [1.54, 1.807) is 0 Å². The van der Waals surface area contributed by atoms with Crippen LogP contribution < -0.4 is 5.32 Å². The number of nitrogens with zero attached hydrogens (tertiary/aromatic N) is 1. The highest BCUT2D eigenvalue weighted by atomic mass is 16.5. The zero-order valence-electron chi connectivity index (χ0n) is 11.7. The van der Waals surface area contributed by atoms with Crippen LogP contribution in [0, 0.1) is 5.41 Å². The van der Waals surface area contributed by atoms with E-state index in [0.29, 0.717) is 5.41 Å². The maximum Gasteiger partial charge on any atom is 0.0791 e. The molecular weight excluding hydrogens is 228 g/mol. The Hall–Kier alpha value is -0.160. The molecule has 1 heterocycles. The minimum atomic E-state index is -0.253. The molecule has 0 radical (unpaired) electrons. The minimum Gasteiger partial charge on any atom is -0.390 e. The molecule has 0 aromatic carbocycles. The predicted molar refractivity (Wildman–Crippen MR) is 72.7 cm³/mol. The van der Waals surface area contributed by atoms with Crippen LogP contribution in [-0.2, 0) is 4.74 Å². The van der Waals surface area contributed by atoms with Gasteiger partial charge in [0.25, 0.3) is 0 Å². The van der Waals surface area contributed by atoms with Gasteiger partial charge in [0.05, 0.1) is 19.3 Å². The first kappa shape index (κ1) is 14.3. The van der Waals surface area contributed by atoms with Crippen molar-refractivity contribution in [3.63, 3.8) is 0 Å². The van der Waals surface area contributed by atoms with E-state index in [4.69, 9.17) is 4.74 Å². The minimum absolute atomic E-state index is 0.253. The third kappa shape index (κ3) is 3.92. The zero-order valence-corrected chi connectivity index (χ0v) is 11.7. The summed E-state index contributed by atoms with van der Waals surface area (Å²) in [6.07, 6.45) is 5.11. The smallest absolute Gasteiger partial charge is 0.0791 e. The number of rotatable bonds is 7. The Morgan fingerprint density at radius 1 is 1.33 bits per heavy atom. The van der Waals surface area contributed by atoms with E-state index >= 15 is 0 Å². The lowest BCUT2D eigenvalue weighted by Gasteiger charge is -2.41. The molecule has 1 saturated carbocycles. The Morgan fingerprint density at radius 3 is 2.61 bits per heavy atom. The fraction of sp³-hybridized carbons (Fsp3) is 1.00. The molecular formula is C14H28N2O2. The molecule has 0 bridgehead atoms. The number of nitrogens with one attached hydrogen (secondary N) is 1. The van der Waals surface area contributed by atoms with Gasteiger partial charge in [-0.25, -0.2) is 0 Å². The molecule has 0 aromatic heterocycles. The van der Waals surface area contributed by atoms with E-state index in [9.17, 15) is 5.11 Å². The maximum absolute atomic E-state index is 10.0. The number of aliphatic hydroxyl groups excluding tert-OH is 1. The van der Waals surface area contributed by atoms with Gasteiger partial charge in [-0.2, -0.15) is 0 Å². The molecule has 4 nitrogen and oxygen atoms in total. The van der Waals surface area contributed by atoms with Crippen LogP contribution >= 0.6 is 0 Å². The molecule has 1 aliphatic carbocycles. The van der Waals surface area contributed by atoms with Gasteiger partial charge in [0.2, 0.25) is 0 Å². The third-order valence-corrected chi connectivity index (χ3v) is 4.62. The van der Waals surface area contributed by atoms with Gasteiger partial charge in [-0.3, -0.25) is 4.90 Å². The highest BCUT2D eigenvalue weighted by Gasteiger charge is 2.34. The number of ether oxygens (including phenoxy) is 1. The van der Waals surface area contributed by atoms with Crippen molar-refractivity contribution in [3.8, 4) is 0 Å². The second-order valence-electron chi connectivity index (χ2n) is 5.90. The lowest BCUT2D eigenvalue weighted by Crippen LogP contribution is -2.46. The van der Waals surface area contributed by atoms with Crippen LogP contribution in [0.2, 0.25) is 0 Å². The van der Waals surface area contributed by atoms with Gasteiger partial charge < -0.3 is 15.2 Å². The van der Waals surface area contributed by atoms with Gasteiger partial charge in [0.1, 0.15) is 0 Å². The first-order chi connectivity index (χ1) is 8.74. The first-order valence-electron chi connectivity index (χ1n) is 7.43. The second-order valence-corrected chi connectivity index (χ2v) is 5.90. The van der Waals surface area contributed by atoms with Crippen LogP contribution in [0.5, 0.6) is 0 Å². The fourth-order valence-electron chi connectivity index (χ4n) is 2.98. The fourth-order valence-corrected chi connectivity index (χ4v) is 2.98. The summed E-state index contributed by atoms with van der Waals surface area (Å²) in [7, 11) is 0. The molecule has 4 heteroatoms. The van der Waals surface area contributed by atoms with Crippen molar-refractivity contribution in [2.45, 2.75) is 38.7 Å². The van der Waals surface area contributed by atoms with Crippen LogP contribution in [0.4, 0.5) is 0 Å². The molecule has 106 valence electrons. The summed E-state index contributed by atoms with van der Waals surface area (Å²) in [5.74, 6) is 0. The standard InChI is InChI=1S/C14H28N2O2/c1-2-14(4-3-5-14)12-15-10-13(17)11-16-6-8-18-9-7-16/h13,15,17H,2-12H2,1H3. The summed E-state index contributed by atoms with van der Waals surface area (Å²) >= 11 is 0. The van der Waals surface area contributed by atoms with Crippen LogP contribution in [0.15, 0.2) is 0 Å². The van der Waals surface area contributed by atoms with E-state index in [2.05, 4.69) is 17.1 Å². The van der Waals surface area contributed by atoms with Gasteiger partial charge in [0, 0.05) is 32.7 Å². The molecule has 1 unspecified atom stereocenters. The molecule has 2 fully saturated rings. The summed E-state index contributed by atoms with van der Waals surface area (Å²) < 4.78 is 5.30. The Balaban J connectivity index is 1.57. The monoisotopic (exact) mass is 256 g/mol. The topological polar surface area (TPSA) is 44.7 Å². The molecule has 2 aliphatic rings. The molecule has 1 saturated heterocycles. The molecule has 0 spiro atoms. The van der Waals surface area contributed by atoms with E-state index in [1.807, 2.05) is 0 Å². The normalized spacial score (nSPS) is 25.7. The highest BCUT2D eigenvalue weighted by Crippen LogP contribution is 2.42. The van der Waals surface area contributed by atoms with Crippen molar-refractivity contribution < 1.29 is 9.84 Å². The van der Waals surface area contributed by atoms with E-state index in [0.717, 1.165) is 45.9 Å². The number of hydrogen-bond donors (Lipinski definition) is 2. The average molecular weight is 256 g/mol. The molecule has 0 amide bonds. The first-order valence-corrected chi connectivity index (χ1v) is 7.43. The SMILES string of the molecule is CCC1(CNCC(O)CN2CCOCC2)CCC1. The lowest BCUT2D eigenvalue weighted by atomic mass is 9.67. The lowest BCUT2D eigenvalue weighted by molar-refractivity contribution is 0.0137. The Labute approximate surface area is 111 Å². The summed E-state index contributed by atoms with van der Waals surface area (Å²) in [6, 6.07) is 0. The Bertz CT molecular complexity index is 232. The van der Waals surface area contributed by atoms with Crippen LogP contribution in [-0.4, -0.2) is 62.0 Å². The number of morpholine rings is 1. The van der Waals surface area contributed by atoms with Gasteiger partial charge in [0.15, 0.2) is 0 Å². The summed E-state index contributed by atoms with van der Waals surface area (Å²) in [4.78, 5) is 2.29. The summed E-state index contributed by atoms with van der Waals surface area (Å²) in [5.41, 5.74) is 0.540. The van der Waals surface area contributed by atoms with E-state index < -0.39 is 0 Å². The number of hydrogen-bond acceptors (Lipinski definition) is 4. The Kier molecular flexibility index (Phi) is 5.42. The highest BCUT2D eigenvalue weighted by molar-refractivity contribution is 4.88. The van der Waals surface area contributed by atoms with Crippen molar-refractivity contribution in [2.75, 3.05) is 45.9 Å². The molecule has 2 rings (SSSR count). The number of β-amino-alcohol motifs (C(OH)–C–C–N with tert-alkyl or cyclic N) is 1. The summed E-state index contributed by atoms with van der Waals surface area (Å²) in [5, 5.41) is 13.5. The molecule has 2 N–H and O–H groups in total. The van der Waals surface area contributed by atoms with Crippen molar-refractivity contribution in [1.29, 1.82) is 0 Å². The van der Waals surface area contributed by atoms with Crippen molar-refractivity contribution in [2.24, 2.45) is 5.41 Å². The van der Waals surface area contributed by atoms with E-state index in [1.165, 1.54) is 25.7 Å². The predicted octanol–water partition coefficient (Wildman–Crippen LogP) is 0.849. The van der Waals surface area contributed by atoms with Crippen LogP contribution in [0.25, 0.3) is 0 Å². The quantitative estimate of drug-likeness (QED) is 0.709. The largest absolute Gasteiger partial charge is 0.390 e. The second kappa shape index (κ2) is 6.85. The maximum atomic E-state index is 10.0. The van der Waals surface area contributed by atoms with Crippen molar-refractivity contribution in [1.82, 2.24) is 10.2 Å².